The second-order valence-corrected chi connectivity index (χ2v) is 7.34. The molecule has 1 N–H and O–H groups in total. The Morgan fingerprint density at radius 2 is 2.00 bits per heavy atom. The maximum absolute atomic E-state index is 12.1. The van der Waals surface area contributed by atoms with E-state index in [1.807, 2.05) is 0 Å². The van der Waals surface area contributed by atoms with Crippen LogP contribution in [-0.4, -0.2) is 12.2 Å². The summed E-state index contributed by atoms with van der Waals surface area (Å²) in [6.45, 7) is 6.59. The van der Waals surface area contributed by atoms with Crippen LogP contribution in [-0.2, 0) is 4.74 Å². The van der Waals surface area contributed by atoms with E-state index in [-0.39, 0.29) is 6.10 Å². The lowest BCUT2D eigenvalue weighted by Crippen LogP contribution is -2.36. The molecular weight excluding hydrogens is 321 g/mol. The first-order valence-corrected chi connectivity index (χ1v) is 8.55. The van der Waals surface area contributed by atoms with Gasteiger partial charge in [0.15, 0.2) is 0 Å². The molecule has 1 saturated carbocycles. The maximum atomic E-state index is 12.1. The topological polar surface area (TPSA) is 38.3 Å². The smallest absolute Gasteiger partial charge is 0.411 e. The number of carbonyl (C=O) groups is 1. The highest BCUT2D eigenvalue weighted by atomic mass is 35.5. The van der Waals surface area contributed by atoms with Gasteiger partial charge in [0.05, 0.1) is 10.0 Å². The van der Waals surface area contributed by atoms with Gasteiger partial charge in [0.1, 0.15) is 6.10 Å². The van der Waals surface area contributed by atoms with Gasteiger partial charge in [-0.3, -0.25) is 5.32 Å². The van der Waals surface area contributed by atoms with Crippen molar-refractivity contribution in [2.45, 2.75) is 46.1 Å². The molecule has 2 rings (SSSR count). The van der Waals surface area contributed by atoms with Gasteiger partial charge in [-0.2, -0.15) is 0 Å². The highest BCUT2D eigenvalue weighted by molar-refractivity contribution is 6.42. The standard InChI is InChI=1S/C17H23Cl2NO2/c1-10(2)13-6-4-11(3)8-16(13)22-17(21)20-12-5-7-14(18)15(19)9-12/h5,7,9-11,13,16H,4,6,8H2,1-3H3,(H,20,21)/t11-,13+,16+/m0/s1. The number of hydrogen-bond donors (Lipinski definition) is 1. The van der Waals surface area contributed by atoms with E-state index >= 15 is 0 Å². The van der Waals surface area contributed by atoms with Crippen LogP contribution in [0.5, 0.6) is 0 Å². The van der Waals surface area contributed by atoms with Gasteiger partial charge in [-0.15, -0.1) is 0 Å². The van der Waals surface area contributed by atoms with Crippen molar-refractivity contribution in [2.24, 2.45) is 17.8 Å². The molecule has 22 heavy (non-hydrogen) atoms. The molecule has 0 aliphatic heterocycles. The van der Waals surface area contributed by atoms with Crippen molar-refractivity contribution in [3.63, 3.8) is 0 Å². The fraction of sp³-hybridized carbons (Fsp3) is 0.588. The number of rotatable bonds is 3. The van der Waals surface area contributed by atoms with Crippen LogP contribution >= 0.6 is 23.2 Å². The lowest BCUT2D eigenvalue weighted by Gasteiger charge is -2.36. The van der Waals surface area contributed by atoms with E-state index in [0.717, 1.165) is 12.8 Å². The van der Waals surface area contributed by atoms with Crippen LogP contribution in [0.4, 0.5) is 10.5 Å². The van der Waals surface area contributed by atoms with Crippen LogP contribution < -0.4 is 5.32 Å². The highest BCUT2D eigenvalue weighted by Gasteiger charge is 2.33. The number of amides is 1. The summed E-state index contributed by atoms with van der Waals surface area (Å²) in [4.78, 5) is 12.1. The van der Waals surface area contributed by atoms with Crippen LogP contribution in [0.3, 0.4) is 0 Å². The number of nitrogens with one attached hydrogen (secondary N) is 1. The lowest BCUT2D eigenvalue weighted by atomic mass is 9.75. The summed E-state index contributed by atoms with van der Waals surface area (Å²) < 4.78 is 5.68. The molecule has 1 amide bonds. The van der Waals surface area contributed by atoms with Crippen molar-refractivity contribution < 1.29 is 9.53 Å². The molecule has 0 bridgehead atoms. The molecule has 0 saturated heterocycles. The van der Waals surface area contributed by atoms with Crippen molar-refractivity contribution in [1.82, 2.24) is 0 Å². The minimum Gasteiger partial charge on any atom is -0.446 e. The first kappa shape index (κ1) is 17.4. The molecule has 122 valence electrons. The van der Waals surface area contributed by atoms with Gasteiger partial charge >= 0.3 is 6.09 Å². The Morgan fingerprint density at radius 3 is 2.64 bits per heavy atom. The average Bonchev–Trinajstić information content (AvgIpc) is 2.42. The number of carbonyl (C=O) groups excluding carboxylic acids is 1. The minimum atomic E-state index is -0.428. The third kappa shape index (κ3) is 4.53. The fourth-order valence-electron chi connectivity index (χ4n) is 3.11. The van der Waals surface area contributed by atoms with Crippen LogP contribution in [0.25, 0.3) is 0 Å². The molecule has 1 aliphatic rings. The summed E-state index contributed by atoms with van der Waals surface area (Å²) >= 11 is 11.8. The fourth-order valence-corrected chi connectivity index (χ4v) is 3.41. The first-order chi connectivity index (χ1) is 10.4. The van der Waals surface area contributed by atoms with Gasteiger partial charge in [0.2, 0.25) is 0 Å². The van der Waals surface area contributed by atoms with Crippen LogP contribution in [0.2, 0.25) is 10.0 Å². The Kier molecular flexibility index (Phi) is 5.99. The number of anilines is 1. The van der Waals surface area contributed by atoms with Gasteiger partial charge in [-0.1, -0.05) is 50.4 Å². The van der Waals surface area contributed by atoms with Gasteiger partial charge in [0.25, 0.3) is 0 Å². The summed E-state index contributed by atoms with van der Waals surface area (Å²) in [5, 5.41) is 3.60. The molecule has 0 radical (unpaired) electrons. The number of benzene rings is 1. The Hall–Kier alpha value is -0.930. The summed E-state index contributed by atoms with van der Waals surface area (Å²) in [7, 11) is 0. The quantitative estimate of drug-likeness (QED) is 0.730. The Balaban J connectivity index is 1.98. The molecule has 1 fully saturated rings. The molecule has 3 atom stereocenters. The molecular formula is C17H23Cl2NO2. The minimum absolute atomic E-state index is 0.0217. The molecule has 1 aromatic rings. The molecule has 5 heteroatoms. The van der Waals surface area contributed by atoms with Crippen molar-refractivity contribution in [2.75, 3.05) is 5.32 Å². The largest absolute Gasteiger partial charge is 0.446 e. The molecule has 0 heterocycles. The molecule has 1 aromatic carbocycles. The maximum Gasteiger partial charge on any atom is 0.411 e. The van der Waals surface area contributed by atoms with Crippen molar-refractivity contribution >= 4 is 35.0 Å². The van der Waals surface area contributed by atoms with Gasteiger partial charge in [-0.25, -0.2) is 4.79 Å². The van der Waals surface area contributed by atoms with Gasteiger partial charge in [0, 0.05) is 5.69 Å². The second kappa shape index (κ2) is 7.56. The van der Waals surface area contributed by atoms with E-state index in [4.69, 9.17) is 27.9 Å². The Labute approximate surface area is 142 Å². The van der Waals surface area contributed by atoms with Gasteiger partial charge < -0.3 is 4.74 Å². The number of hydrogen-bond acceptors (Lipinski definition) is 2. The van der Waals surface area contributed by atoms with Crippen molar-refractivity contribution in [3.8, 4) is 0 Å². The summed E-state index contributed by atoms with van der Waals surface area (Å²) in [6.07, 6.45) is 2.80. The van der Waals surface area contributed by atoms with Crippen molar-refractivity contribution in [1.29, 1.82) is 0 Å². The summed E-state index contributed by atoms with van der Waals surface area (Å²) in [5.74, 6) is 1.53. The van der Waals surface area contributed by atoms with Crippen LogP contribution in [0, 0.1) is 17.8 Å². The van der Waals surface area contributed by atoms with Crippen LogP contribution in [0.15, 0.2) is 18.2 Å². The van der Waals surface area contributed by atoms with E-state index < -0.39 is 6.09 Å². The molecule has 3 nitrogen and oxygen atoms in total. The summed E-state index contributed by atoms with van der Waals surface area (Å²) in [5.41, 5.74) is 0.587. The van der Waals surface area contributed by atoms with E-state index in [9.17, 15) is 4.79 Å². The van der Waals surface area contributed by atoms with Gasteiger partial charge in [-0.05, 0) is 48.8 Å². The zero-order valence-electron chi connectivity index (χ0n) is 13.2. The Morgan fingerprint density at radius 1 is 1.27 bits per heavy atom. The monoisotopic (exact) mass is 343 g/mol. The average molecular weight is 344 g/mol. The zero-order chi connectivity index (χ0) is 16.3. The van der Waals surface area contributed by atoms with E-state index in [1.54, 1.807) is 18.2 Å². The molecule has 0 unspecified atom stereocenters. The SMILES string of the molecule is CC(C)[C@H]1CC[C@H](C)C[C@H]1OC(=O)Nc1ccc(Cl)c(Cl)c1. The van der Waals surface area contributed by atoms with E-state index in [2.05, 4.69) is 26.1 Å². The normalized spacial score (nSPS) is 25.1. The number of halogens is 2. The predicted molar refractivity (Wildman–Crippen MR) is 91.7 cm³/mol. The van der Waals surface area contributed by atoms with Crippen molar-refractivity contribution in [3.05, 3.63) is 28.2 Å². The highest BCUT2D eigenvalue weighted by Crippen LogP contribution is 2.35. The zero-order valence-corrected chi connectivity index (χ0v) is 14.7. The third-order valence-corrected chi connectivity index (χ3v) is 5.12. The molecule has 0 spiro atoms. The van der Waals surface area contributed by atoms with E-state index in [0.29, 0.717) is 33.5 Å². The molecule has 0 aromatic heterocycles. The lowest BCUT2D eigenvalue weighted by molar-refractivity contribution is 0.0126. The van der Waals surface area contributed by atoms with Crippen LogP contribution in [0.1, 0.15) is 40.0 Å². The second-order valence-electron chi connectivity index (χ2n) is 6.52. The first-order valence-electron chi connectivity index (χ1n) is 7.79. The third-order valence-electron chi connectivity index (χ3n) is 4.39. The molecule has 1 aliphatic carbocycles. The van der Waals surface area contributed by atoms with E-state index in [1.165, 1.54) is 6.42 Å². The summed E-state index contributed by atoms with van der Waals surface area (Å²) in [6, 6.07) is 4.98. The predicted octanol–water partition coefficient (Wildman–Crippen LogP) is 6.00. The Bertz CT molecular complexity index is 533. The number of ether oxygens (including phenoxy) is 1.